The molecule has 2 heterocycles. The highest BCUT2D eigenvalue weighted by Gasteiger charge is 2.34. The molecule has 35 heavy (non-hydrogen) atoms. The summed E-state index contributed by atoms with van der Waals surface area (Å²) in [7, 11) is 0. The summed E-state index contributed by atoms with van der Waals surface area (Å²) in [6.45, 7) is 5.86. The smallest absolute Gasteiger partial charge is 0.338 e. The Morgan fingerprint density at radius 1 is 1.29 bits per heavy atom. The maximum Gasteiger partial charge on any atom is 0.338 e. The lowest BCUT2D eigenvalue weighted by molar-refractivity contribution is -0.139. The number of fused-ring (bicyclic) bond motifs is 1. The first kappa shape index (κ1) is 25.5. The molecule has 1 aromatic heterocycles. The number of nitrogens with zero attached hydrogens (tertiary/aromatic N) is 2. The van der Waals surface area contributed by atoms with Crippen molar-refractivity contribution in [3.63, 3.8) is 0 Å². The van der Waals surface area contributed by atoms with Crippen LogP contribution in [-0.4, -0.2) is 28.9 Å². The molecule has 0 amide bonds. The van der Waals surface area contributed by atoms with Crippen molar-refractivity contribution in [2.24, 2.45) is 4.99 Å². The van der Waals surface area contributed by atoms with Crippen LogP contribution in [0.3, 0.4) is 0 Å². The highest BCUT2D eigenvalue weighted by molar-refractivity contribution is 14.1. The number of ether oxygens (including phenoxy) is 2. The Morgan fingerprint density at radius 3 is 2.71 bits per heavy atom. The molecule has 0 radical (unpaired) electrons. The number of thiazole rings is 1. The minimum absolute atomic E-state index is 0.0551. The van der Waals surface area contributed by atoms with Crippen molar-refractivity contribution in [2.75, 3.05) is 13.2 Å². The van der Waals surface area contributed by atoms with Crippen molar-refractivity contribution >= 4 is 57.6 Å². The van der Waals surface area contributed by atoms with Crippen LogP contribution in [0.15, 0.2) is 57.5 Å². The van der Waals surface area contributed by atoms with E-state index in [1.165, 1.54) is 15.9 Å². The molecule has 1 aliphatic rings. The van der Waals surface area contributed by atoms with Crippen molar-refractivity contribution < 1.29 is 19.4 Å². The summed E-state index contributed by atoms with van der Waals surface area (Å²) in [4.78, 5) is 31.7. The van der Waals surface area contributed by atoms with E-state index in [0.717, 1.165) is 0 Å². The number of hydrogen-bond donors (Lipinski definition) is 1. The van der Waals surface area contributed by atoms with Crippen molar-refractivity contribution in [1.82, 2.24) is 4.57 Å². The summed E-state index contributed by atoms with van der Waals surface area (Å²) in [5.41, 5.74) is 1.73. The van der Waals surface area contributed by atoms with Crippen LogP contribution in [0.2, 0.25) is 5.02 Å². The van der Waals surface area contributed by atoms with Crippen molar-refractivity contribution in [1.29, 1.82) is 0 Å². The fourth-order valence-corrected chi connectivity index (χ4v) is 5.79. The predicted molar refractivity (Wildman–Crippen MR) is 144 cm³/mol. The summed E-state index contributed by atoms with van der Waals surface area (Å²) in [5, 5.41) is 10.7. The molecule has 3 aromatic rings. The maximum absolute atomic E-state index is 13.7. The van der Waals surface area contributed by atoms with Gasteiger partial charge in [0, 0.05) is 5.02 Å². The summed E-state index contributed by atoms with van der Waals surface area (Å²) < 4.78 is 13.3. The summed E-state index contributed by atoms with van der Waals surface area (Å²) >= 11 is 9.75. The highest BCUT2D eigenvalue weighted by Crippen LogP contribution is 2.35. The zero-order valence-electron chi connectivity index (χ0n) is 19.2. The number of carbonyl (C=O) groups excluding carboxylic acids is 1. The minimum Gasteiger partial charge on any atom is -0.504 e. The topological polar surface area (TPSA) is 90.1 Å². The van der Waals surface area contributed by atoms with Gasteiger partial charge in [-0.3, -0.25) is 9.36 Å². The van der Waals surface area contributed by atoms with Gasteiger partial charge in [0.15, 0.2) is 16.3 Å². The summed E-state index contributed by atoms with van der Waals surface area (Å²) in [6, 6.07) is 9.77. The first-order valence-corrected chi connectivity index (χ1v) is 13.1. The molecule has 7 nitrogen and oxygen atoms in total. The molecule has 4 rings (SSSR count). The Morgan fingerprint density at radius 2 is 2.03 bits per heavy atom. The number of allylic oxidation sites excluding steroid dienone is 1. The fraction of sp³-hybridized carbons (Fsp3) is 0.240. The Bertz CT molecular complexity index is 1530. The van der Waals surface area contributed by atoms with Gasteiger partial charge in [0.05, 0.1) is 32.6 Å². The van der Waals surface area contributed by atoms with Crippen molar-refractivity contribution in [3.8, 4) is 11.5 Å². The van der Waals surface area contributed by atoms with Crippen LogP contribution in [0.25, 0.3) is 6.08 Å². The molecular formula is C25H22ClIN2O5S. The third-order valence-electron chi connectivity index (χ3n) is 5.37. The van der Waals surface area contributed by atoms with Gasteiger partial charge in [0.2, 0.25) is 0 Å². The Hall–Kier alpha value is -2.63. The molecule has 0 saturated heterocycles. The second-order valence-corrected chi connectivity index (χ2v) is 10.2. The monoisotopic (exact) mass is 624 g/mol. The lowest BCUT2D eigenvalue weighted by Crippen LogP contribution is -2.40. The van der Waals surface area contributed by atoms with Gasteiger partial charge >= 0.3 is 5.97 Å². The van der Waals surface area contributed by atoms with E-state index >= 15 is 0 Å². The molecule has 10 heteroatoms. The Kier molecular flexibility index (Phi) is 7.67. The molecule has 1 aliphatic heterocycles. The number of aromatic hydroxyl groups is 1. The highest BCUT2D eigenvalue weighted by atomic mass is 127. The van der Waals surface area contributed by atoms with E-state index in [-0.39, 0.29) is 23.5 Å². The number of benzene rings is 2. The Balaban J connectivity index is 1.96. The number of rotatable bonds is 6. The number of esters is 1. The Labute approximate surface area is 224 Å². The van der Waals surface area contributed by atoms with Crippen LogP contribution in [0.1, 0.15) is 37.9 Å². The third-order valence-corrected chi connectivity index (χ3v) is 7.51. The summed E-state index contributed by atoms with van der Waals surface area (Å²) in [6.07, 6.45) is 1.72. The van der Waals surface area contributed by atoms with Crippen LogP contribution in [0.5, 0.6) is 11.5 Å². The number of carbonyl (C=O) groups is 1. The third kappa shape index (κ3) is 4.89. The predicted octanol–water partition coefficient (Wildman–Crippen LogP) is 4.16. The average molecular weight is 625 g/mol. The molecule has 0 spiro atoms. The molecular weight excluding hydrogens is 603 g/mol. The van der Waals surface area contributed by atoms with Gasteiger partial charge in [-0.05, 0) is 78.8 Å². The van der Waals surface area contributed by atoms with E-state index in [1.807, 2.05) is 35.6 Å². The van der Waals surface area contributed by atoms with Crippen molar-refractivity contribution in [3.05, 3.63) is 87.1 Å². The second-order valence-electron chi connectivity index (χ2n) is 7.61. The van der Waals surface area contributed by atoms with Crippen LogP contribution in [0.4, 0.5) is 0 Å². The number of halogens is 2. The SMILES string of the molecule is CCOC(=O)C1=C(C)N=c2s/c(=C\c3cc(I)c(O)c(OCC)c3)c(=O)n2[C@H]1c1ccccc1Cl. The fourth-order valence-electron chi connectivity index (χ4n) is 3.88. The lowest BCUT2D eigenvalue weighted by atomic mass is 9.96. The largest absolute Gasteiger partial charge is 0.504 e. The molecule has 0 fully saturated rings. The van der Waals surface area contributed by atoms with Crippen LogP contribution in [-0.2, 0) is 9.53 Å². The summed E-state index contributed by atoms with van der Waals surface area (Å²) in [5.74, 6) is -0.144. The average Bonchev–Trinajstić information content (AvgIpc) is 3.11. The van der Waals surface area contributed by atoms with Gasteiger partial charge in [-0.15, -0.1) is 0 Å². The molecule has 2 aromatic carbocycles. The lowest BCUT2D eigenvalue weighted by Gasteiger charge is -2.25. The molecule has 182 valence electrons. The van der Waals surface area contributed by atoms with Gasteiger partial charge in [0.25, 0.3) is 5.56 Å². The number of phenols is 1. The van der Waals surface area contributed by atoms with Gasteiger partial charge in [-0.1, -0.05) is 41.1 Å². The van der Waals surface area contributed by atoms with Crippen LogP contribution in [0, 0.1) is 3.57 Å². The first-order valence-electron chi connectivity index (χ1n) is 10.9. The zero-order chi connectivity index (χ0) is 25.3. The quantitative estimate of drug-likeness (QED) is 0.329. The van der Waals surface area contributed by atoms with E-state index < -0.39 is 12.0 Å². The number of hydrogen-bond acceptors (Lipinski definition) is 7. The van der Waals surface area contributed by atoms with E-state index in [1.54, 1.807) is 50.3 Å². The van der Waals surface area contributed by atoms with Crippen LogP contribution >= 0.6 is 45.5 Å². The van der Waals surface area contributed by atoms with E-state index in [9.17, 15) is 14.7 Å². The van der Waals surface area contributed by atoms with Crippen LogP contribution < -0.4 is 19.6 Å². The standard InChI is InChI=1S/C25H22ClIN2O5S/c1-4-33-18-11-14(10-17(27)22(18)30)12-19-23(31)29-21(15-8-6-7-9-16(15)26)20(24(32)34-5-2)13(3)28-25(29)35-19/h6-12,21,30H,4-5H2,1-3H3/b19-12-/t21-/m0/s1. The van der Waals surface area contributed by atoms with Gasteiger partial charge in [-0.25, -0.2) is 9.79 Å². The molecule has 0 unspecified atom stereocenters. The second kappa shape index (κ2) is 10.5. The maximum atomic E-state index is 13.7. The van der Waals surface area contributed by atoms with E-state index in [4.69, 9.17) is 21.1 Å². The molecule has 1 N–H and O–H groups in total. The van der Waals surface area contributed by atoms with E-state index in [0.29, 0.717) is 47.1 Å². The van der Waals surface area contributed by atoms with Gasteiger partial charge in [0.1, 0.15) is 6.04 Å². The zero-order valence-corrected chi connectivity index (χ0v) is 22.9. The number of phenolic OH excluding ortho intramolecular Hbond substituents is 1. The molecule has 0 bridgehead atoms. The minimum atomic E-state index is -0.778. The van der Waals surface area contributed by atoms with Crippen molar-refractivity contribution in [2.45, 2.75) is 26.8 Å². The molecule has 0 aliphatic carbocycles. The first-order chi connectivity index (χ1) is 16.8. The molecule has 1 atom stereocenters. The van der Waals surface area contributed by atoms with Gasteiger partial charge in [-0.2, -0.15) is 0 Å². The number of aromatic nitrogens is 1. The van der Waals surface area contributed by atoms with E-state index in [2.05, 4.69) is 4.99 Å². The molecule has 0 saturated carbocycles. The van der Waals surface area contributed by atoms with Gasteiger partial charge < -0.3 is 14.6 Å². The normalized spacial score (nSPS) is 15.6.